The van der Waals surface area contributed by atoms with E-state index >= 15 is 0 Å². The topological polar surface area (TPSA) is 35.8 Å². The van der Waals surface area contributed by atoms with E-state index in [1.807, 2.05) is 0 Å². The summed E-state index contributed by atoms with van der Waals surface area (Å²) in [5, 5.41) is 12.6. The van der Waals surface area contributed by atoms with Crippen LogP contribution < -0.4 is 5.32 Å². The van der Waals surface area contributed by atoms with Gasteiger partial charge in [0.2, 0.25) is 0 Å². The summed E-state index contributed by atoms with van der Waals surface area (Å²) < 4.78 is 0. The van der Waals surface area contributed by atoms with Gasteiger partial charge in [-0.2, -0.15) is 5.26 Å². The molecule has 0 amide bonds. The molecule has 1 aliphatic carbocycles. The summed E-state index contributed by atoms with van der Waals surface area (Å²) in [6, 6.07) is 2.51. The van der Waals surface area contributed by atoms with Crippen LogP contribution in [0, 0.1) is 17.2 Å². The highest BCUT2D eigenvalue weighted by atomic mass is 15.0. The number of nitrogens with one attached hydrogen (secondary N) is 1. The summed E-state index contributed by atoms with van der Waals surface area (Å²) in [4.78, 5) is 0. The Labute approximate surface area is 74.0 Å². The van der Waals surface area contributed by atoms with Crippen LogP contribution in [-0.2, 0) is 0 Å². The van der Waals surface area contributed by atoms with Gasteiger partial charge < -0.3 is 0 Å². The number of hydrogen-bond acceptors (Lipinski definition) is 2. The van der Waals surface area contributed by atoms with Crippen molar-refractivity contribution in [3.8, 4) is 6.07 Å². The lowest BCUT2D eigenvalue weighted by Crippen LogP contribution is -2.54. The van der Waals surface area contributed by atoms with Gasteiger partial charge in [-0.3, -0.25) is 5.32 Å². The van der Waals surface area contributed by atoms with Crippen LogP contribution in [0.4, 0.5) is 0 Å². The highest BCUT2D eigenvalue weighted by Gasteiger charge is 2.42. The molecule has 1 saturated heterocycles. The van der Waals surface area contributed by atoms with Crippen molar-refractivity contribution >= 4 is 0 Å². The van der Waals surface area contributed by atoms with Crippen molar-refractivity contribution in [2.75, 3.05) is 6.54 Å². The normalized spacial score (nSPS) is 36.9. The maximum absolute atomic E-state index is 9.16. The molecule has 2 fully saturated rings. The second-order valence-corrected chi connectivity index (χ2v) is 4.09. The van der Waals surface area contributed by atoms with Crippen LogP contribution in [0.2, 0.25) is 0 Å². The standard InChI is InChI=1S/C10H16N2/c11-8-10(9-4-3-5-9)6-1-2-7-12-10/h9,12H,1-7H2. The van der Waals surface area contributed by atoms with E-state index in [0.29, 0.717) is 5.92 Å². The Kier molecular flexibility index (Phi) is 2.06. The average molecular weight is 164 g/mol. The number of hydrogen-bond donors (Lipinski definition) is 1. The van der Waals surface area contributed by atoms with Crippen LogP contribution in [-0.4, -0.2) is 12.1 Å². The molecule has 1 unspecified atom stereocenters. The molecule has 12 heavy (non-hydrogen) atoms. The van der Waals surface area contributed by atoms with Gasteiger partial charge in [-0.15, -0.1) is 0 Å². The lowest BCUT2D eigenvalue weighted by atomic mass is 9.68. The van der Waals surface area contributed by atoms with Gasteiger partial charge in [0.05, 0.1) is 6.07 Å². The first-order valence-corrected chi connectivity index (χ1v) is 5.04. The van der Waals surface area contributed by atoms with Gasteiger partial charge in [-0.25, -0.2) is 0 Å². The van der Waals surface area contributed by atoms with Crippen molar-refractivity contribution in [3.05, 3.63) is 0 Å². The zero-order valence-electron chi connectivity index (χ0n) is 7.47. The van der Waals surface area contributed by atoms with Crippen molar-refractivity contribution < 1.29 is 0 Å². The van der Waals surface area contributed by atoms with E-state index in [9.17, 15) is 0 Å². The Balaban J connectivity index is 2.06. The van der Waals surface area contributed by atoms with Crippen molar-refractivity contribution in [1.29, 1.82) is 5.26 Å². The fraction of sp³-hybridized carbons (Fsp3) is 0.900. The fourth-order valence-corrected chi connectivity index (χ4v) is 2.36. The molecule has 2 aliphatic rings. The highest BCUT2D eigenvalue weighted by molar-refractivity contribution is 5.13. The van der Waals surface area contributed by atoms with Gasteiger partial charge in [0.25, 0.3) is 0 Å². The van der Waals surface area contributed by atoms with E-state index in [2.05, 4.69) is 11.4 Å². The lowest BCUT2D eigenvalue weighted by Gasteiger charge is -2.43. The molecule has 2 nitrogen and oxygen atoms in total. The minimum Gasteiger partial charge on any atom is -0.299 e. The monoisotopic (exact) mass is 164 g/mol. The summed E-state index contributed by atoms with van der Waals surface area (Å²) in [6.07, 6.45) is 7.41. The lowest BCUT2D eigenvalue weighted by molar-refractivity contribution is 0.144. The van der Waals surface area contributed by atoms with Crippen LogP contribution in [0.3, 0.4) is 0 Å². The molecule has 1 atom stereocenters. The summed E-state index contributed by atoms with van der Waals surface area (Å²) in [5.74, 6) is 0.655. The number of rotatable bonds is 1. The highest BCUT2D eigenvalue weighted by Crippen LogP contribution is 2.39. The number of piperidine rings is 1. The Bertz CT molecular complexity index is 194. The minimum absolute atomic E-state index is 0.128. The summed E-state index contributed by atoms with van der Waals surface area (Å²) in [6.45, 7) is 1.05. The molecule has 1 aliphatic heterocycles. The summed E-state index contributed by atoms with van der Waals surface area (Å²) in [7, 11) is 0. The van der Waals surface area contributed by atoms with Crippen LogP contribution in [0.5, 0.6) is 0 Å². The maximum Gasteiger partial charge on any atom is 0.109 e. The van der Waals surface area contributed by atoms with E-state index in [0.717, 1.165) is 13.0 Å². The molecule has 0 aromatic carbocycles. The second-order valence-electron chi connectivity index (χ2n) is 4.09. The molecule has 0 spiro atoms. The molecule has 2 heteroatoms. The van der Waals surface area contributed by atoms with E-state index in [1.54, 1.807) is 0 Å². The molecular formula is C10H16N2. The molecule has 2 rings (SSSR count). The Morgan fingerprint density at radius 1 is 1.25 bits per heavy atom. The SMILES string of the molecule is N#CC1(C2CCC2)CCCCN1. The van der Waals surface area contributed by atoms with Gasteiger partial charge in [0, 0.05) is 0 Å². The van der Waals surface area contributed by atoms with Crippen molar-refractivity contribution in [2.24, 2.45) is 5.92 Å². The molecule has 1 saturated carbocycles. The van der Waals surface area contributed by atoms with Gasteiger partial charge in [-0.05, 0) is 44.6 Å². The largest absolute Gasteiger partial charge is 0.299 e. The van der Waals surface area contributed by atoms with Crippen molar-refractivity contribution in [3.63, 3.8) is 0 Å². The smallest absolute Gasteiger partial charge is 0.109 e. The maximum atomic E-state index is 9.16. The Morgan fingerprint density at radius 3 is 2.50 bits per heavy atom. The van der Waals surface area contributed by atoms with Crippen LogP contribution >= 0.6 is 0 Å². The zero-order valence-corrected chi connectivity index (χ0v) is 7.47. The van der Waals surface area contributed by atoms with Crippen molar-refractivity contribution in [2.45, 2.75) is 44.1 Å². The summed E-state index contributed by atoms with van der Waals surface area (Å²) >= 11 is 0. The first-order valence-electron chi connectivity index (χ1n) is 5.04. The molecule has 1 heterocycles. The van der Waals surface area contributed by atoms with Crippen LogP contribution in [0.25, 0.3) is 0 Å². The van der Waals surface area contributed by atoms with E-state index in [4.69, 9.17) is 5.26 Å². The predicted molar refractivity (Wildman–Crippen MR) is 47.5 cm³/mol. The molecule has 66 valence electrons. The van der Waals surface area contributed by atoms with Gasteiger partial charge >= 0.3 is 0 Å². The van der Waals surface area contributed by atoms with Crippen molar-refractivity contribution in [1.82, 2.24) is 5.32 Å². The summed E-state index contributed by atoms with van der Waals surface area (Å²) in [5.41, 5.74) is -0.128. The number of nitrogens with zero attached hydrogens (tertiary/aromatic N) is 1. The van der Waals surface area contributed by atoms with Crippen LogP contribution in [0.15, 0.2) is 0 Å². The minimum atomic E-state index is -0.128. The second kappa shape index (κ2) is 3.06. The Morgan fingerprint density at radius 2 is 2.08 bits per heavy atom. The molecule has 0 bridgehead atoms. The van der Waals surface area contributed by atoms with E-state index in [1.165, 1.54) is 32.1 Å². The average Bonchev–Trinajstić information content (AvgIpc) is 2.03. The van der Waals surface area contributed by atoms with Gasteiger partial charge in [0.1, 0.15) is 5.54 Å². The van der Waals surface area contributed by atoms with E-state index < -0.39 is 0 Å². The Hall–Kier alpha value is -0.550. The quantitative estimate of drug-likeness (QED) is 0.641. The van der Waals surface area contributed by atoms with Gasteiger partial charge in [-0.1, -0.05) is 6.42 Å². The molecule has 0 radical (unpaired) electrons. The van der Waals surface area contributed by atoms with Gasteiger partial charge in [0.15, 0.2) is 0 Å². The third kappa shape index (κ3) is 1.13. The number of nitriles is 1. The third-order valence-electron chi connectivity index (χ3n) is 3.44. The molecule has 0 aromatic rings. The molecule has 1 N–H and O–H groups in total. The van der Waals surface area contributed by atoms with Crippen LogP contribution in [0.1, 0.15) is 38.5 Å². The first-order chi connectivity index (χ1) is 5.87. The first kappa shape index (κ1) is 8.07. The molecular weight excluding hydrogens is 148 g/mol. The third-order valence-corrected chi connectivity index (χ3v) is 3.44. The van der Waals surface area contributed by atoms with E-state index in [-0.39, 0.29) is 5.54 Å². The fourth-order valence-electron chi connectivity index (χ4n) is 2.36. The molecule has 0 aromatic heterocycles. The predicted octanol–water partition coefficient (Wildman–Crippen LogP) is 1.82. The zero-order chi connectivity index (χ0) is 8.44.